The summed E-state index contributed by atoms with van der Waals surface area (Å²) in [5.41, 5.74) is 14.5. The van der Waals surface area contributed by atoms with Crippen LogP contribution in [0.5, 0.6) is 0 Å². The number of amides is 7. The van der Waals surface area contributed by atoms with Gasteiger partial charge in [0.15, 0.2) is 0 Å². The van der Waals surface area contributed by atoms with Gasteiger partial charge in [0.25, 0.3) is 0 Å². The summed E-state index contributed by atoms with van der Waals surface area (Å²) in [5.74, 6) is -1.77. The van der Waals surface area contributed by atoms with Crippen molar-refractivity contribution in [3.63, 3.8) is 0 Å². The predicted molar refractivity (Wildman–Crippen MR) is 237 cm³/mol. The zero-order valence-corrected chi connectivity index (χ0v) is 38.7. The molecule has 0 saturated carbocycles. The number of hydrogen-bond donors (Lipinski definition) is 10. The average Bonchev–Trinajstić information content (AvgIpc) is 3.23. The summed E-state index contributed by atoms with van der Waals surface area (Å²) in [6, 6.07) is 3.68. The Morgan fingerprint density at radius 1 is 0.754 bits per heavy atom. The number of anilines is 1. The zero-order valence-electron chi connectivity index (χ0n) is 36.9. The van der Waals surface area contributed by atoms with E-state index in [0.717, 1.165) is 12.8 Å². The number of carboxylic acid groups (broad SMARTS) is 1. The highest BCUT2D eigenvalue weighted by molar-refractivity contribution is 7.61. The number of carbonyl (C=O) groups is 6. The number of hydrogen-bond acceptors (Lipinski definition) is 13. The number of nitrogens with two attached hydrogens (primary N) is 1. The highest BCUT2D eigenvalue weighted by Gasteiger charge is 2.35. The number of phosphoric acid groups is 2. The van der Waals surface area contributed by atoms with E-state index >= 15 is 0 Å². The second-order valence-electron chi connectivity index (χ2n) is 15.0. The number of urea groups is 1. The summed E-state index contributed by atoms with van der Waals surface area (Å²) >= 11 is 0. The second-order valence-corrected chi connectivity index (χ2v) is 18.0. The SMILES string of the molecule is CC(C)C(NC(=O)CCCCCN=[N+]=[N-])C(=O)NC(CCCNC(N)=O)C(=O)Nc1ccc(COC(=O)NCCCCCOP(=O)(O)OP(=O)(O)OCCCCCCCNC(=O)O)cc1. The third kappa shape index (κ3) is 30.7. The van der Waals surface area contributed by atoms with Gasteiger partial charge in [0.05, 0.1) is 13.2 Å². The maximum absolute atomic E-state index is 13.4. The Hall–Kier alpha value is -4.99. The molecule has 1 rings (SSSR count). The van der Waals surface area contributed by atoms with E-state index in [1.165, 1.54) is 0 Å². The zero-order chi connectivity index (χ0) is 48.5. The molecule has 0 saturated heterocycles. The average molecular weight is 965 g/mol. The highest BCUT2D eigenvalue weighted by Crippen LogP contribution is 2.60. The standard InChI is InChI=1S/C38H66N10O15P2/c1-28(2)33(47-32(49)16-8-6-11-24-44-48-40)35(51)46-31(15-14-23-41-36(39)52)34(50)45-30-19-17-29(18-20-30)27-60-38(55)43-22-10-7-13-26-62-65(58,59)63-64(56,57)61-25-12-5-3-4-9-21-42-37(53)54/h17-20,28,31,33,42H,3-16,21-27H2,1-2H3,(H,43,55)(H,45,50)(H,46,51)(H,47,49)(H,53,54)(H,56,57)(H,58,59)(H3,39,41,52). The van der Waals surface area contributed by atoms with Gasteiger partial charge in [-0.3, -0.25) is 23.4 Å². The van der Waals surface area contributed by atoms with Crippen LogP contribution in [0.15, 0.2) is 29.4 Å². The molecule has 0 aliphatic carbocycles. The number of azide groups is 1. The summed E-state index contributed by atoms with van der Waals surface area (Å²) in [5, 5.41) is 27.4. The van der Waals surface area contributed by atoms with Crippen LogP contribution in [0.25, 0.3) is 10.4 Å². The van der Waals surface area contributed by atoms with Crippen molar-refractivity contribution in [2.45, 2.75) is 122 Å². The van der Waals surface area contributed by atoms with Crippen molar-refractivity contribution < 1.29 is 70.9 Å². The van der Waals surface area contributed by atoms with Crippen LogP contribution in [0, 0.1) is 5.92 Å². The lowest BCUT2D eigenvalue weighted by atomic mass is 10.0. The molecule has 4 unspecified atom stereocenters. The van der Waals surface area contributed by atoms with Crippen LogP contribution < -0.4 is 37.6 Å². The molecule has 11 N–H and O–H groups in total. The molecule has 0 radical (unpaired) electrons. The molecule has 0 heterocycles. The van der Waals surface area contributed by atoms with Crippen molar-refractivity contribution in [3.8, 4) is 0 Å². The van der Waals surface area contributed by atoms with Crippen LogP contribution >= 0.6 is 15.6 Å². The molecule has 0 aliphatic heterocycles. The Morgan fingerprint density at radius 2 is 1.32 bits per heavy atom. The van der Waals surface area contributed by atoms with Gasteiger partial charge in [-0.2, -0.15) is 4.31 Å². The smallest absolute Gasteiger partial charge is 0.465 e. The van der Waals surface area contributed by atoms with E-state index < -0.39 is 57.8 Å². The Bertz CT molecular complexity index is 1770. The number of phosphoric ester groups is 2. The van der Waals surface area contributed by atoms with Crippen molar-refractivity contribution in [3.05, 3.63) is 40.3 Å². The molecule has 27 heteroatoms. The van der Waals surface area contributed by atoms with Crippen LogP contribution in [-0.4, -0.2) is 102 Å². The summed E-state index contributed by atoms with van der Waals surface area (Å²) in [4.78, 5) is 95.4. The third-order valence-corrected chi connectivity index (χ3v) is 11.8. The van der Waals surface area contributed by atoms with Crippen molar-refractivity contribution in [1.82, 2.24) is 26.6 Å². The van der Waals surface area contributed by atoms with Gasteiger partial charge >= 0.3 is 33.9 Å². The van der Waals surface area contributed by atoms with Crippen LogP contribution in [0.3, 0.4) is 0 Å². The first-order valence-corrected chi connectivity index (χ1v) is 24.4. The Morgan fingerprint density at radius 3 is 1.92 bits per heavy atom. The van der Waals surface area contributed by atoms with E-state index in [1.54, 1.807) is 38.1 Å². The van der Waals surface area contributed by atoms with Gasteiger partial charge in [0, 0.05) is 43.2 Å². The number of ether oxygens (including phenoxy) is 1. The number of nitrogens with one attached hydrogen (secondary N) is 6. The topological polar surface area (TPSA) is 381 Å². The first-order chi connectivity index (χ1) is 30.8. The van der Waals surface area contributed by atoms with E-state index in [4.69, 9.17) is 30.2 Å². The number of benzene rings is 1. The summed E-state index contributed by atoms with van der Waals surface area (Å²) in [7, 11) is -9.77. The molecule has 1 aromatic rings. The summed E-state index contributed by atoms with van der Waals surface area (Å²) < 4.78 is 43.2. The van der Waals surface area contributed by atoms with Gasteiger partial charge in [-0.25, -0.2) is 23.5 Å². The quantitative estimate of drug-likeness (QED) is 0.0132. The second kappa shape index (κ2) is 33.5. The largest absolute Gasteiger partial charge is 0.481 e. The molecule has 0 fully saturated rings. The molecule has 0 spiro atoms. The molecule has 7 amide bonds. The van der Waals surface area contributed by atoms with Gasteiger partial charge in [0.2, 0.25) is 17.7 Å². The van der Waals surface area contributed by atoms with Gasteiger partial charge in [-0.15, -0.1) is 0 Å². The minimum Gasteiger partial charge on any atom is -0.465 e. The normalized spacial score (nSPS) is 13.7. The number of rotatable bonds is 36. The van der Waals surface area contributed by atoms with Crippen molar-refractivity contribution in [2.24, 2.45) is 16.8 Å². The van der Waals surface area contributed by atoms with Gasteiger partial charge < -0.3 is 57.3 Å². The van der Waals surface area contributed by atoms with Gasteiger partial charge in [0.1, 0.15) is 18.7 Å². The fourth-order valence-corrected chi connectivity index (χ4v) is 7.86. The van der Waals surface area contributed by atoms with Gasteiger partial charge in [-0.05, 0) is 86.9 Å². The lowest BCUT2D eigenvalue weighted by molar-refractivity contribution is -0.132. The predicted octanol–water partition coefficient (Wildman–Crippen LogP) is 5.44. The van der Waals surface area contributed by atoms with E-state index in [0.29, 0.717) is 82.1 Å². The van der Waals surface area contributed by atoms with E-state index in [1.807, 2.05) is 0 Å². The fourth-order valence-electron chi connectivity index (χ4n) is 5.72. The Kier molecular flexibility index (Phi) is 29.9. The number of unbranched alkanes of at least 4 members (excludes halogenated alkanes) is 8. The summed E-state index contributed by atoms with van der Waals surface area (Å²) in [6.45, 7) is 3.94. The van der Waals surface area contributed by atoms with Crippen LogP contribution in [0.1, 0.15) is 109 Å². The Balaban J connectivity index is 2.48. The third-order valence-electron chi connectivity index (χ3n) is 9.09. The Labute approximate surface area is 378 Å². The first kappa shape index (κ1) is 58.0. The molecule has 65 heavy (non-hydrogen) atoms. The number of carbonyl (C=O) groups excluding carboxylic acids is 5. The monoisotopic (exact) mass is 964 g/mol. The first-order valence-electron chi connectivity index (χ1n) is 21.4. The lowest BCUT2D eigenvalue weighted by Gasteiger charge is -2.25. The maximum Gasteiger partial charge on any atom is 0.481 e. The van der Waals surface area contributed by atoms with Crippen LogP contribution in [0.4, 0.5) is 20.1 Å². The van der Waals surface area contributed by atoms with Crippen molar-refractivity contribution in [2.75, 3.05) is 44.7 Å². The van der Waals surface area contributed by atoms with Crippen molar-refractivity contribution >= 4 is 57.3 Å². The summed E-state index contributed by atoms with van der Waals surface area (Å²) in [6.07, 6.45) is 4.86. The fraction of sp³-hybridized carbons (Fsp3) is 0.684. The molecule has 25 nitrogen and oxygen atoms in total. The molecule has 4 atom stereocenters. The van der Waals surface area contributed by atoms with Crippen LogP contribution in [-0.2, 0) is 48.2 Å². The molecular formula is C38H66N10O15P2. The molecule has 0 aliphatic rings. The molecular weight excluding hydrogens is 898 g/mol. The van der Waals surface area contributed by atoms with Gasteiger partial charge in [-0.1, -0.05) is 56.8 Å². The molecule has 0 aromatic heterocycles. The number of primary amides is 1. The maximum atomic E-state index is 13.4. The highest BCUT2D eigenvalue weighted by atomic mass is 31.3. The van der Waals surface area contributed by atoms with E-state index in [-0.39, 0.29) is 64.0 Å². The number of nitrogens with zero attached hydrogens (tertiary/aromatic N) is 3. The molecule has 368 valence electrons. The lowest BCUT2D eigenvalue weighted by Crippen LogP contribution is -2.54. The molecule has 0 bridgehead atoms. The number of alkyl carbamates (subject to hydrolysis) is 1. The van der Waals surface area contributed by atoms with Crippen molar-refractivity contribution in [1.29, 1.82) is 0 Å². The van der Waals surface area contributed by atoms with E-state index in [2.05, 4.69) is 46.2 Å². The van der Waals surface area contributed by atoms with Crippen LogP contribution in [0.2, 0.25) is 0 Å². The molecule has 1 aromatic carbocycles. The minimum atomic E-state index is -4.90. The van der Waals surface area contributed by atoms with E-state index in [9.17, 15) is 47.7 Å². The minimum absolute atomic E-state index is 0.101.